The van der Waals surface area contributed by atoms with Crippen molar-refractivity contribution in [1.29, 1.82) is 0 Å². The summed E-state index contributed by atoms with van der Waals surface area (Å²) >= 11 is 0. The molecular weight excluding hydrogens is 308 g/mol. The van der Waals surface area contributed by atoms with E-state index in [1.54, 1.807) is 0 Å². The molecule has 25 heavy (non-hydrogen) atoms. The topological polar surface area (TPSA) is 26.3 Å². The molecule has 0 aliphatic heterocycles. The number of carbonyl (C=O) groups excluding carboxylic acids is 1. The molecule has 0 unspecified atom stereocenters. The summed E-state index contributed by atoms with van der Waals surface area (Å²) in [6.45, 7) is 2.12. The van der Waals surface area contributed by atoms with Crippen LogP contribution < -0.4 is 0 Å². The molecule has 2 nitrogen and oxygen atoms in total. The highest BCUT2D eigenvalue weighted by Crippen LogP contribution is 2.39. The summed E-state index contributed by atoms with van der Waals surface area (Å²) in [5.41, 5.74) is 3.77. The van der Waals surface area contributed by atoms with Crippen LogP contribution in [-0.2, 0) is 4.74 Å². The number of ether oxygens (including phenoxy) is 1. The molecule has 0 spiro atoms. The molecule has 0 saturated heterocycles. The highest BCUT2D eigenvalue weighted by Gasteiger charge is 2.18. The molecule has 0 aliphatic rings. The molecule has 0 bridgehead atoms. The molecule has 0 amide bonds. The Morgan fingerprint density at radius 1 is 0.720 bits per heavy atom. The first-order valence-corrected chi connectivity index (χ1v) is 8.30. The Labute approximate surface area is 146 Å². The van der Waals surface area contributed by atoms with Crippen molar-refractivity contribution >= 4 is 27.5 Å². The van der Waals surface area contributed by atoms with Gasteiger partial charge in [0.2, 0.25) is 0 Å². The fourth-order valence-corrected chi connectivity index (χ4v) is 3.65. The lowest BCUT2D eigenvalue weighted by molar-refractivity contribution is 0.0601. The molecule has 4 aromatic carbocycles. The van der Waals surface area contributed by atoms with E-state index in [9.17, 15) is 4.79 Å². The minimum Gasteiger partial charge on any atom is -0.465 e. The number of carbonyl (C=O) groups is 1. The standard InChI is InChI=1S/C23H18O2/c1-15-16-9-3-4-10-17(16)18-11-5-6-12-19(18)22(15)20-13-7-8-14-21(20)23(24)25-2/h3-14H,1-2H3. The summed E-state index contributed by atoms with van der Waals surface area (Å²) in [7, 11) is 1.42. The van der Waals surface area contributed by atoms with Crippen molar-refractivity contribution in [2.24, 2.45) is 0 Å². The molecule has 4 rings (SSSR count). The second-order valence-corrected chi connectivity index (χ2v) is 6.13. The Morgan fingerprint density at radius 2 is 1.24 bits per heavy atom. The van der Waals surface area contributed by atoms with E-state index in [1.165, 1.54) is 28.8 Å². The van der Waals surface area contributed by atoms with E-state index >= 15 is 0 Å². The fraction of sp³-hybridized carbons (Fsp3) is 0.0870. The predicted octanol–water partition coefficient (Wildman–Crippen LogP) is 5.76. The smallest absolute Gasteiger partial charge is 0.338 e. The molecule has 2 heteroatoms. The van der Waals surface area contributed by atoms with Crippen LogP contribution in [0.25, 0.3) is 32.7 Å². The molecule has 122 valence electrons. The van der Waals surface area contributed by atoms with Crippen molar-refractivity contribution in [3.63, 3.8) is 0 Å². The van der Waals surface area contributed by atoms with Gasteiger partial charge >= 0.3 is 5.97 Å². The van der Waals surface area contributed by atoms with Crippen molar-refractivity contribution in [3.05, 3.63) is 83.9 Å². The van der Waals surface area contributed by atoms with Crippen LogP contribution in [0.3, 0.4) is 0 Å². The zero-order chi connectivity index (χ0) is 17.4. The molecule has 0 heterocycles. The van der Waals surface area contributed by atoms with Crippen molar-refractivity contribution in [2.75, 3.05) is 7.11 Å². The van der Waals surface area contributed by atoms with Crippen LogP contribution in [0.2, 0.25) is 0 Å². The van der Waals surface area contributed by atoms with Gasteiger partial charge in [-0.3, -0.25) is 0 Å². The average molecular weight is 326 g/mol. The van der Waals surface area contributed by atoms with E-state index < -0.39 is 0 Å². The highest BCUT2D eigenvalue weighted by molar-refractivity contribution is 6.17. The SMILES string of the molecule is COC(=O)c1ccccc1-c1c(C)c2ccccc2c2ccccc12. The normalized spacial score (nSPS) is 11.0. The van der Waals surface area contributed by atoms with E-state index in [2.05, 4.69) is 49.4 Å². The quantitative estimate of drug-likeness (QED) is 0.346. The molecule has 0 atom stereocenters. The van der Waals surface area contributed by atoms with Gasteiger partial charge in [0.15, 0.2) is 0 Å². The first-order chi connectivity index (χ1) is 12.2. The van der Waals surface area contributed by atoms with Gasteiger partial charge in [-0.2, -0.15) is 0 Å². The van der Waals surface area contributed by atoms with E-state index in [0.29, 0.717) is 5.56 Å². The Bertz CT molecular complexity index is 1110. The van der Waals surface area contributed by atoms with Crippen molar-refractivity contribution in [1.82, 2.24) is 0 Å². The van der Waals surface area contributed by atoms with E-state index in [-0.39, 0.29) is 5.97 Å². The first kappa shape index (κ1) is 15.4. The number of hydrogen-bond acceptors (Lipinski definition) is 2. The van der Waals surface area contributed by atoms with Gasteiger partial charge in [-0.1, -0.05) is 66.7 Å². The van der Waals surface area contributed by atoms with Crippen molar-refractivity contribution in [2.45, 2.75) is 6.92 Å². The van der Waals surface area contributed by atoms with Gasteiger partial charge in [-0.15, -0.1) is 0 Å². The fourth-order valence-electron chi connectivity index (χ4n) is 3.65. The van der Waals surface area contributed by atoms with Gasteiger partial charge in [0.25, 0.3) is 0 Å². The second-order valence-electron chi connectivity index (χ2n) is 6.13. The minimum absolute atomic E-state index is 0.313. The number of aryl methyl sites for hydroxylation is 1. The molecule has 0 aliphatic carbocycles. The van der Waals surface area contributed by atoms with E-state index in [0.717, 1.165) is 16.5 Å². The number of esters is 1. The monoisotopic (exact) mass is 326 g/mol. The molecule has 4 aromatic rings. The number of methoxy groups -OCH3 is 1. The summed E-state index contributed by atoms with van der Waals surface area (Å²) in [5, 5.41) is 4.78. The lowest BCUT2D eigenvalue weighted by Crippen LogP contribution is -2.04. The number of benzene rings is 4. The number of hydrogen-bond donors (Lipinski definition) is 0. The van der Waals surface area contributed by atoms with Crippen LogP contribution in [0.4, 0.5) is 0 Å². The van der Waals surface area contributed by atoms with Crippen LogP contribution in [-0.4, -0.2) is 13.1 Å². The Hall–Kier alpha value is -3.13. The van der Waals surface area contributed by atoms with Crippen LogP contribution in [0.15, 0.2) is 72.8 Å². The third-order valence-electron chi connectivity index (χ3n) is 4.79. The van der Waals surface area contributed by atoms with Gasteiger partial charge in [0, 0.05) is 0 Å². The summed E-state index contributed by atoms with van der Waals surface area (Å²) in [6, 6.07) is 24.4. The number of fused-ring (bicyclic) bond motifs is 3. The van der Waals surface area contributed by atoms with Crippen molar-refractivity contribution in [3.8, 4) is 11.1 Å². The van der Waals surface area contributed by atoms with E-state index in [4.69, 9.17) is 4.74 Å². The summed E-state index contributed by atoms with van der Waals surface area (Å²) < 4.78 is 5.00. The van der Waals surface area contributed by atoms with Gasteiger partial charge in [-0.05, 0) is 51.2 Å². The van der Waals surface area contributed by atoms with Crippen LogP contribution >= 0.6 is 0 Å². The van der Waals surface area contributed by atoms with Gasteiger partial charge in [0.05, 0.1) is 12.7 Å². The largest absolute Gasteiger partial charge is 0.465 e. The summed E-state index contributed by atoms with van der Waals surface area (Å²) in [4.78, 5) is 12.3. The summed E-state index contributed by atoms with van der Waals surface area (Å²) in [5.74, 6) is -0.313. The zero-order valence-electron chi connectivity index (χ0n) is 14.2. The third kappa shape index (κ3) is 2.38. The second kappa shape index (κ2) is 6.06. The molecular formula is C23H18O2. The Kier molecular flexibility index (Phi) is 3.73. The molecule has 0 aromatic heterocycles. The van der Waals surface area contributed by atoms with Crippen molar-refractivity contribution < 1.29 is 9.53 Å². The summed E-state index contributed by atoms with van der Waals surface area (Å²) in [6.07, 6.45) is 0. The van der Waals surface area contributed by atoms with Crippen LogP contribution in [0, 0.1) is 6.92 Å². The maximum absolute atomic E-state index is 12.3. The predicted molar refractivity (Wildman–Crippen MR) is 103 cm³/mol. The van der Waals surface area contributed by atoms with Gasteiger partial charge in [-0.25, -0.2) is 4.79 Å². The van der Waals surface area contributed by atoms with Crippen LogP contribution in [0.1, 0.15) is 15.9 Å². The van der Waals surface area contributed by atoms with Gasteiger partial charge in [0.1, 0.15) is 0 Å². The van der Waals surface area contributed by atoms with Gasteiger partial charge < -0.3 is 4.74 Å². The lowest BCUT2D eigenvalue weighted by Gasteiger charge is -2.17. The van der Waals surface area contributed by atoms with Crippen LogP contribution in [0.5, 0.6) is 0 Å². The zero-order valence-corrected chi connectivity index (χ0v) is 14.2. The maximum Gasteiger partial charge on any atom is 0.338 e. The third-order valence-corrected chi connectivity index (χ3v) is 4.79. The lowest BCUT2D eigenvalue weighted by atomic mass is 9.87. The first-order valence-electron chi connectivity index (χ1n) is 8.30. The Balaban J connectivity index is 2.19. The highest BCUT2D eigenvalue weighted by atomic mass is 16.5. The average Bonchev–Trinajstić information content (AvgIpc) is 2.68. The minimum atomic E-state index is -0.313. The molecule has 0 fully saturated rings. The molecule has 0 radical (unpaired) electrons. The molecule has 0 N–H and O–H groups in total. The maximum atomic E-state index is 12.3. The Morgan fingerprint density at radius 3 is 1.92 bits per heavy atom. The van der Waals surface area contributed by atoms with E-state index in [1.807, 2.05) is 30.3 Å². The molecule has 0 saturated carbocycles. The number of rotatable bonds is 2.